The minimum Gasteiger partial charge on any atom is -0.401 e. The first kappa shape index (κ1) is 17.1. The summed E-state index contributed by atoms with van der Waals surface area (Å²) < 4.78 is 14.8. The number of aromatic nitrogens is 1. The van der Waals surface area contributed by atoms with Gasteiger partial charge in [-0.1, -0.05) is 18.2 Å². The molecule has 0 spiro atoms. The molecule has 0 saturated carbocycles. The van der Waals surface area contributed by atoms with Gasteiger partial charge in [0.1, 0.15) is 13.2 Å². The van der Waals surface area contributed by atoms with Gasteiger partial charge in [-0.05, 0) is 18.1 Å². The number of para-hydroxylation sites is 1. The molecule has 0 bridgehead atoms. The molecular formula is C16H20N4O5. The Balaban J connectivity index is 1.49. The van der Waals surface area contributed by atoms with Crippen LogP contribution in [0.15, 0.2) is 30.5 Å². The molecule has 25 heavy (non-hydrogen) atoms. The Hall–Kier alpha value is -2.78. The molecule has 2 aromatic rings. The normalized spacial score (nSPS) is 16.7. The average molecular weight is 348 g/mol. The third-order valence-corrected chi connectivity index (χ3v) is 3.87. The molecule has 2 amide bonds. The predicted molar refractivity (Wildman–Crippen MR) is 88.7 cm³/mol. The summed E-state index contributed by atoms with van der Waals surface area (Å²) >= 11 is 0. The van der Waals surface area contributed by atoms with Crippen LogP contribution in [0, 0.1) is 0 Å². The summed E-state index contributed by atoms with van der Waals surface area (Å²) in [4.78, 5) is 25.9. The van der Waals surface area contributed by atoms with Gasteiger partial charge in [0.2, 0.25) is 0 Å². The number of benzene rings is 1. The van der Waals surface area contributed by atoms with Crippen molar-refractivity contribution >= 4 is 23.1 Å². The minimum absolute atomic E-state index is 0.0508. The first-order valence-corrected chi connectivity index (χ1v) is 7.81. The van der Waals surface area contributed by atoms with Crippen molar-refractivity contribution in [2.45, 2.75) is 18.2 Å². The van der Waals surface area contributed by atoms with E-state index in [9.17, 15) is 9.59 Å². The summed E-state index contributed by atoms with van der Waals surface area (Å²) in [5.74, 6) is -1.45. The number of primary amides is 1. The fraction of sp³-hybridized carbons (Fsp3) is 0.375. The summed E-state index contributed by atoms with van der Waals surface area (Å²) in [5, 5.41) is 3.65. The third-order valence-electron chi connectivity index (χ3n) is 3.87. The Morgan fingerprint density at radius 3 is 2.76 bits per heavy atom. The van der Waals surface area contributed by atoms with E-state index in [1.807, 2.05) is 30.5 Å². The lowest BCUT2D eigenvalue weighted by atomic mass is 10.1. The molecule has 1 saturated heterocycles. The molecule has 1 aromatic heterocycles. The van der Waals surface area contributed by atoms with Gasteiger partial charge in [0.15, 0.2) is 0 Å². The van der Waals surface area contributed by atoms with Crippen molar-refractivity contribution in [3.8, 4) is 0 Å². The molecule has 1 aromatic carbocycles. The van der Waals surface area contributed by atoms with Crippen molar-refractivity contribution in [1.82, 2.24) is 10.3 Å². The molecule has 0 aliphatic carbocycles. The second-order valence-electron chi connectivity index (χ2n) is 5.92. The summed E-state index contributed by atoms with van der Waals surface area (Å²) in [6.07, 6.45) is 0.701. The van der Waals surface area contributed by atoms with Crippen LogP contribution in [0.25, 0.3) is 10.9 Å². The van der Waals surface area contributed by atoms with Crippen LogP contribution in [-0.4, -0.2) is 48.8 Å². The standard InChI is InChI=1S/C16H20N4O5/c17-11(5-10-6-19-13-4-2-1-3-12(10)13)7-20-15(22)25-16(8-23-9-16)24-14(18)21/h1-4,6,11,19H,5,7-9,17H2,(H2,18,21)(H,20,22)/t11-/m1/s1. The van der Waals surface area contributed by atoms with Crippen molar-refractivity contribution in [2.24, 2.45) is 11.5 Å². The smallest absolute Gasteiger partial charge is 0.401 e. The molecule has 0 radical (unpaired) electrons. The van der Waals surface area contributed by atoms with Crippen LogP contribution in [0.2, 0.25) is 0 Å². The van der Waals surface area contributed by atoms with Crippen LogP contribution < -0.4 is 16.8 Å². The molecule has 1 aliphatic heterocycles. The summed E-state index contributed by atoms with van der Waals surface area (Å²) in [7, 11) is 0. The topological polar surface area (TPSA) is 142 Å². The molecule has 9 nitrogen and oxygen atoms in total. The Labute approximate surface area is 143 Å². The number of rotatable bonds is 6. The van der Waals surface area contributed by atoms with Gasteiger partial charge in [-0.25, -0.2) is 9.59 Å². The van der Waals surface area contributed by atoms with Gasteiger partial charge in [-0.15, -0.1) is 0 Å². The number of aromatic amines is 1. The summed E-state index contributed by atoms with van der Waals surface area (Å²) in [6, 6.07) is 7.60. The van der Waals surface area contributed by atoms with E-state index in [0.29, 0.717) is 6.42 Å². The van der Waals surface area contributed by atoms with Gasteiger partial charge < -0.3 is 36.0 Å². The SMILES string of the molecule is NC(=O)OC1(OC(=O)NC[C@H](N)Cc2c[nH]c3ccccc23)COC1. The van der Waals surface area contributed by atoms with Crippen LogP contribution in [0.5, 0.6) is 0 Å². The summed E-state index contributed by atoms with van der Waals surface area (Å²) in [6.45, 7) is 0.0986. The first-order chi connectivity index (χ1) is 12.0. The highest BCUT2D eigenvalue weighted by atomic mass is 16.8. The van der Waals surface area contributed by atoms with E-state index in [1.54, 1.807) is 0 Å². The maximum absolute atomic E-state index is 11.9. The predicted octanol–water partition coefficient (Wildman–Crippen LogP) is 0.586. The molecule has 3 rings (SSSR count). The third kappa shape index (κ3) is 4.01. The lowest BCUT2D eigenvalue weighted by Gasteiger charge is -2.38. The van der Waals surface area contributed by atoms with Gasteiger partial charge >= 0.3 is 18.0 Å². The molecule has 1 aliphatic rings. The van der Waals surface area contributed by atoms with E-state index in [0.717, 1.165) is 16.5 Å². The fourth-order valence-corrected chi connectivity index (χ4v) is 2.67. The van der Waals surface area contributed by atoms with Crippen molar-refractivity contribution in [2.75, 3.05) is 19.8 Å². The van der Waals surface area contributed by atoms with Crippen molar-refractivity contribution < 1.29 is 23.8 Å². The number of hydrogen-bond acceptors (Lipinski definition) is 6. The monoisotopic (exact) mass is 348 g/mol. The van der Waals surface area contributed by atoms with Crippen molar-refractivity contribution in [3.05, 3.63) is 36.0 Å². The van der Waals surface area contributed by atoms with Crippen molar-refractivity contribution in [1.29, 1.82) is 0 Å². The van der Waals surface area contributed by atoms with E-state index < -0.39 is 18.0 Å². The number of nitrogens with two attached hydrogens (primary N) is 2. The zero-order chi connectivity index (χ0) is 17.9. The molecule has 0 unspecified atom stereocenters. The maximum atomic E-state index is 11.9. The molecule has 1 atom stereocenters. The van der Waals surface area contributed by atoms with Gasteiger partial charge in [-0.2, -0.15) is 0 Å². The first-order valence-electron chi connectivity index (χ1n) is 7.81. The van der Waals surface area contributed by atoms with Gasteiger partial charge in [0.05, 0.1) is 0 Å². The lowest BCUT2D eigenvalue weighted by molar-refractivity contribution is -0.289. The van der Waals surface area contributed by atoms with E-state index >= 15 is 0 Å². The number of ether oxygens (including phenoxy) is 3. The number of carbonyl (C=O) groups excluding carboxylic acids is 2. The van der Waals surface area contributed by atoms with Crippen LogP contribution in [0.1, 0.15) is 5.56 Å². The van der Waals surface area contributed by atoms with E-state index in [4.69, 9.17) is 25.7 Å². The maximum Gasteiger partial charge on any atom is 0.410 e. The van der Waals surface area contributed by atoms with Gasteiger partial charge in [-0.3, -0.25) is 0 Å². The van der Waals surface area contributed by atoms with E-state index in [-0.39, 0.29) is 25.8 Å². The number of nitrogens with one attached hydrogen (secondary N) is 2. The summed E-state index contributed by atoms with van der Waals surface area (Å²) in [5.41, 5.74) is 13.1. The molecule has 9 heteroatoms. The van der Waals surface area contributed by atoms with Gasteiger partial charge in [0, 0.05) is 29.7 Å². The average Bonchev–Trinajstić information content (AvgIpc) is 2.94. The largest absolute Gasteiger partial charge is 0.410 e. The minimum atomic E-state index is -1.45. The lowest BCUT2D eigenvalue weighted by Crippen LogP contribution is -2.58. The molecule has 6 N–H and O–H groups in total. The number of fused-ring (bicyclic) bond motifs is 1. The second-order valence-corrected chi connectivity index (χ2v) is 5.92. The zero-order valence-corrected chi connectivity index (χ0v) is 13.5. The highest BCUT2D eigenvalue weighted by Crippen LogP contribution is 2.23. The van der Waals surface area contributed by atoms with Crippen LogP contribution in [0.4, 0.5) is 9.59 Å². The number of H-pyrrole nitrogens is 1. The van der Waals surface area contributed by atoms with Gasteiger partial charge in [0.25, 0.3) is 0 Å². The Bertz CT molecular complexity index is 771. The quantitative estimate of drug-likeness (QED) is 0.563. The number of amides is 2. The zero-order valence-electron chi connectivity index (χ0n) is 13.5. The number of carbonyl (C=O) groups is 2. The molecule has 2 heterocycles. The fourth-order valence-electron chi connectivity index (χ4n) is 2.67. The highest BCUT2D eigenvalue weighted by molar-refractivity contribution is 5.83. The van der Waals surface area contributed by atoms with Crippen LogP contribution >= 0.6 is 0 Å². The molecular weight excluding hydrogens is 328 g/mol. The van der Waals surface area contributed by atoms with Crippen LogP contribution in [-0.2, 0) is 20.6 Å². The Kier molecular flexibility index (Phi) is 4.77. The Morgan fingerprint density at radius 1 is 1.32 bits per heavy atom. The van der Waals surface area contributed by atoms with Crippen LogP contribution in [0.3, 0.4) is 0 Å². The van der Waals surface area contributed by atoms with Crippen molar-refractivity contribution in [3.63, 3.8) is 0 Å². The van der Waals surface area contributed by atoms with E-state index in [1.165, 1.54) is 0 Å². The molecule has 134 valence electrons. The Morgan fingerprint density at radius 2 is 2.08 bits per heavy atom. The highest BCUT2D eigenvalue weighted by Gasteiger charge is 2.46. The number of hydrogen-bond donors (Lipinski definition) is 4. The molecule has 1 fully saturated rings. The second kappa shape index (κ2) is 6.99. The van der Waals surface area contributed by atoms with E-state index in [2.05, 4.69) is 10.3 Å². The number of alkyl carbamates (subject to hydrolysis) is 1.